The minimum Gasteiger partial charge on any atom is -0.468 e. The zero-order chi connectivity index (χ0) is 19.1. The Kier molecular flexibility index (Phi) is 4.20. The van der Waals surface area contributed by atoms with Crippen molar-refractivity contribution in [2.75, 3.05) is 18.4 Å². The van der Waals surface area contributed by atoms with Gasteiger partial charge in [0.2, 0.25) is 5.82 Å². The van der Waals surface area contributed by atoms with Crippen LogP contribution in [-0.4, -0.2) is 38.7 Å². The zero-order valence-electron chi connectivity index (χ0n) is 15.2. The summed E-state index contributed by atoms with van der Waals surface area (Å²) in [5.74, 6) is 2.27. The van der Waals surface area contributed by atoms with E-state index in [0.717, 1.165) is 37.6 Å². The van der Waals surface area contributed by atoms with Crippen LogP contribution in [0.4, 0.5) is 10.1 Å². The number of anilines is 1. The minimum absolute atomic E-state index is 0.280. The Morgan fingerprint density at radius 1 is 1.18 bits per heavy atom. The molecule has 5 rings (SSSR count). The van der Waals surface area contributed by atoms with E-state index < -0.39 is 5.82 Å². The van der Waals surface area contributed by atoms with Crippen LogP contribution >= 0.6 is 0 Å². The lowest BCUT2D eigenvalue weighted by Gasteiger charge is -2.25. The number of furan rings is 1. The summed E-state index contributed by atoms with van der Waals surface area (Å²) in [6.45, 7) is 3.46. The van der Waals surface area contributed by atoms with E-state index in [1.807, 2.05) is 16.7 Å². The first kappa shape index (κ1) is 17.1. The standard InChI is InChI=1S/C20H20FN5O2/c21-15-3-1-4-16(8-15)22-20(27)19-24-23-18-7-13-9-25(10-14(13)11-26(18)19)12-17-5-2-6-28-17/h1-6,8,13-14H,7,9-12H2,(H,22,27). The van der Waals surface area contributed by atoms with Gasteiger partial charge in [0, 0.05) is 31.7 Å². The molecule has 1 fully saturated rings. The van der Waals surface area contributed by atoms with Crippen molar-refractivity contribution in [3.05, 3.63) is 65.9 Å². The van der Waals surface area contributed by atoms with Gasteiger partial charge in [0.25, 0.3) is 5.91 Å². The highest BCUT2D eigenvalue weighted by molar-refractivity contribution is 6.01. The molecule has 4 heterocycles. The number of carbonyl (C=O) groups excluding carboxylic acids is 1. The molecule has 1 N–H and O–H groups in total. The van der Waals surface area contributed by atoms with Crippen molar-refractivity contribution in [1.82, 2.24) is 19.7 Å². The van der Waals surface area contributed by atoms with Crippen molar-refractivity contribution in [2.24, 2.45) is 11.8 Å². The van der Waals surface area contributed by atoms with Gasteiger partial charge in [-0.25, -0.2) is 4.39 Å². The summed E-state index contributed by atoms with van der Waals surface area (Å²) in [5.41, 5.74) is 0.404. The largest absolute Gasteiger partial charge is 0.468 e. The number of carbonyl (C=O) groups is 1. The maximum Gasteiger partial charge on any atom is 0.293 e. The molecule has 144 valence electrons. The van der Waals surface area contributed by atoms with E-state index in [-0.39, 0.29) is 11.7 Å². The number of fused-ring (bicyclic) bond motifs is 2. The molecular weight excluding hydrogens is 361 g/mol. The van der Waals surface area contributed by atoms with Crippen molar-refractivity contribution >= 4 is 11.6 Å². The maximum atomic E-state index is 13.4. The average Bonchev–Trinajstić information content (AvgIpc) is 3.39. The molecule has 0 saturated carbocycles. The molecule has 1 aromatic carbocycles. The van der Waals surface area contributed by atoms with Gasteiger partial charge in [0.15, 0.2) is 0 Å². The summed E-state index contributed by atoms with van der Waals surface area (Å²) in [6.07, 6.45) is 2.50. The van der Waals surface area contributed by atoms with E-state index in [9.17, 15) is 9.18 Å². The second kappa shape index (κ2) is 6.87. The van der Waals surface area contributed by atoms with Gasteiger partial charge in [-0.2, -0.15) is 0 Å². The Morgan fingerprint density at radius 3 is 2.89 bits per heavy atom. The number of aromatic nitrogens is 3. The highest BCUT2D eigenvalue weighted by Gasteiger charge is 2.39. The quantitative estimate of drug-likeness (QED) is 0.752. The van der Waals surface area contributed by atoms with Crippen LogP contribution in [0.2, 0.25) is 0 Å². The lowest BCUT2D eigenvalue weighted by atomic mass is 9.89. The highest BCUT2D eigenvalue weighted by atomic mass is 19.1. The van der Waals surface area contributed by atoms with Crippen LogP contribution in [-0.2, 0) is 19.5 Å². The second-order valence-corrected chi connectivity index (χ2v) is 7.51. The monoisotopic (exact) mass is 381 g/mol. The fourth-order valence-electron chi connectivity index (χ4n) is 4.29. The average molecular weight is 381 g/mol. The van der Waals surface area contributed by atoms with Gasteiger partial charge in [-0.05, 0) is 42.2 Å². The van der Waals surface area contributed by atoms with Crippen LogP contribution in [0.5, 0.6) is 0 Å². The van der Waals surface area contributed by atoms with Crippen molar-refractivity contribution in [1.29, 1.82) is 0 Å². The Bertz CT molecular complexity index is 1000. The smallest absolute Gasteiger partial charge is 0.293 e. The third kappa shape index (κ3) is 3.20. The van der Waals surface area contributed by atoms with E-state index in [2.05, 4.69) is 20.4 Å². The molecule has 1 amide bonds. The fourth-order valence-corrected chi connectivity index (χ4v) is 4.29. The number of benzene rings is 1. The number of amides is 1. The molecule has 0 spiro atoms. The second-order valence-electron chi connectivity index (χ2n) is 7.51. The molecule has 1 saturated heterocycles. The third-order valence-corrected chi connectivity index (χ3v) is 5.59. The van der Waals surface area contributed by atoms with Crippen molar-refractivity contribution < 1.29 is 13.6 Å². The molecule has 2 unspecified atom stereocenters. The SMILES string of the molecule is O=C(Nc1cccc(F)c1)c1nnc2n1CC1CN(Cc3ccco3)CC1C2. The fraction of sp³-hybridized carbons (Fsp3) is 0.350. The van der Waals surface area contributed by atoms with Gasteiger partial charge >= 0.3 is 0 Å². The van der Waals surface area contributed by atoms with E-state index in [4.69, 9.17) is 4.42 Å². The Balaban J connectivity index is 1.29. The molecule has 2 aliphatic heterocycles. The molecule has 7 nitrogen and oxygen atoms in total. The van der Waals surface area contributed by atoms with Crippen LogP contribution in [0, 0.1) is 17.7 Å². The summed E-state index contributed by atoms with van der Waals surface area (Å²) in [4.78, 5) is 15.0. The van der Waals surface area contributed by atoms with Crippen molar-refractivity contribution in [3.63, 3.8) is 0 Å². The van der Waals surface area contributed by atoms with E-state index in [1.54, 1.807) is 18.4 Å². The van der Waals surface area contributed by atoms with E-state index >= 15 is 0 Å². The molecule has 2 atom stereocenters. The Labute approximate surface area is 161 Å². The molecule has 3 aromatic rings. The van der Waals surface area contributed by atoms with E-state index in [1.165, 1.54) is 12.1 Å². The number of hydrogen-bond acceptors (Lipinski definition) is 5. The van der Waals surface area contributed by atoms with Gasteiger partial charge in [-0.1, -0.05) is 6.07 Å². The van der Waals surface area contributed by atoms with Crippen molar-refractivity contribution in [2.45, 2.75) is 19.5 Å². The molecule has 0 radical (unpaired) electrons. The summed E-state index contributed by atoms with van der Waals surface area (Å²) < 4.78 is 20.7. The molecular formula is C20H20FN5O2. The van der Waals surface area contributed by atoms with Gasteiger partial charge in [0.1, 0.15) is 17.4 Å². The van der Waals surface area contributed by atoms with Crippen LogP contribution < -0.4 is 5.32 Å². The van der Waals surface area contributed by atoms with E-state index in [0.29, 0.717) is 24.1 Å². The molecule has 2 aliphatic rings. The van der Waals surface area contributed by atoms with Gasteiger partial charge in [-0.15, -0.1) is 10.2 Å². The van der Waals surface area contributed by atoms with Crippen LogP contribution in [0.3, 0.4) is 0 Å². The summed E-state index contributed by atoms with van der Waals surface area (Å²) in [7, 11) is 0. The molecule has 0 bridgehead atoms. The predicted octanol–water partition coefficient (Wildman–Crippen LogP) is 2.57. The topological polar surface area (TPSA) is 76.2 Å². The molecule has 0 aliphatic carbocycles. The summed E-state index contributed by atoms with van der Waals surface area (Å²) >= 11 is 0. The zero-order valence-corrected chi connectivity index (χ0v) is 15.2. The Morgan fingerprint density at radius 2 is 2.07 bits per heavy atom. The first-order chi connectivity index (χ1) is 13.7. The van der Waals surface area contributed by atoms with Crippen LogP contribution in [0.15, 0.2) is 47.1 Å². The van der Waals surface area contributed by atoms with Crippen LogP contribution in [0.25, 0.3) is 0 Å². The summed E-state index contributed by atoms with van der Waals surface area (Å²) in [5, 5.41) is 11.0. The van der Waals surface area contributed by atoms with Gasteiger partial charge in [0.05, 0.1) is 12.8 Å². The molecule has 2 aromatic heterocycles. The maximum absolute atomic E-state index is 13.4. The lowest BCUT2D eigenvalue weighted by molar-refractivity contribution is 0.100. The number of rotatable bonds is 4. The minimum atomic E-state index is -0.397. The molecule has 8 heteroatoms. The third-order valence-electron chi connectivity index (χ3n) is 5.59. The first-order valence-electron chi connectivity index (χ1n) is 9.39. The number of halogens is 1. The van der Waals surface area contributed by atoms with Crippen molar-refractivity contribution in [3.8, 4) is 0 Å². The van der Waals surface area contributed by atoms with Gasteiger partial charge in [-0.3, -0.25) is 9.69 Å². The number of likely N-dealkylation sites (tertiary alicyclic amines) is 1. The first-order valence-corrected chi connectivity index (χ1v) is 9.39. The summed E-state index contributed by atoms with van der Waals surface area (Å²) in [6, 6.07) is 9.72. The number of hydrogen-bond donors (Lipinski definition) is 1. The van der Waals surface area contributed by atoms with Gasteiger partial charge < -0.3 is 14.3 Å². The van der Waals surface area contributed by atoms with Crippen LogP contribution in [0.1, 0.15) is 22.2 Å². The number of nitrogens with zero attached hydrogens (tertiary/aromatic N) is 4. The normalized spacial score (nSPS) is 21.3. The highest BCUT2D eigenvalue weighted by Crippen LogP contribution is 2.33. The Hall–Kier alpha value is -3.00. The lowest BCUT2D eigenvalue weighted by Crippen LogP contribution is -2.31. The predicted molar refractivity (Wildman–Crippen MR) is 99.0 cm³/mol. The number of nitrogens with one attached hydrogen (secondary N) is 1. The molecule has 28 heavy (non-hydrogen) atoms.